The van der Waals surface area contributed by atoms with Crippen LogP contribution >= 0.6 is 0 Å². The first-order chi connectivity index (χ1) is 31.1. The SMILES string of the molecule is CC1=CC23CCC4[C@](C)(CCC[C@@]4(C)C(=O)O[C@@H]4O[C@H](CO)[C@@H](O)[C@H](O)[C@H]4O)C2CC[C@]1(O[C@@H]1O[C@H](CO)[C@@H](O)[C@H](O[C@@H]2O[C@H](CO)[C@@H](O)[C@H](O)[C@H]2O)[C@H]1O[C@@H]1O[C@@H](C)[C@H](O)[C@@H](O)[C@H]1O)C3. The molecule has 8 rings (SSSR count). The molecule has 0 aromatic rings. The van der Waals surface area contributed by atoms with Gasteiger partial charge in [-0.15, -0.1) is 0 Å². The Kier molecular flexibility index (Phi) is 14.5. The van der Waals surface area contributed by atoms with Gasteiger partial charge in [0.1, 0.15) is 91.6 Å². The monoisotopic (exact) mass is 950 g/mol. The average molecular weight is 951 g/mol. The summed E-state index contributed by atoms with van der Waals surface area (Å²) < 4.78 is 48.5. The highest BCUT2D eigenvalue weighted by Crippen LogP contribution is 2.72. The molecule has 0 radical (unpaired) electrons. The first-order valence-corrected chi connectivity index (χ1v) is 23.2. The molecule has 0 aromatic carbocycles. The van der Waals surface area contributed by atoms with E-state index in [9.17, 15) is 71.2 Å². The van der Waals surface area contributed by atoms with Gasteiger partial charge in [-0.25, -0.2) is 0 Å². The lowest BCUT2D eigenvalue weighted by atomic mass is 9.40. The van der Waals surface area contributed by atoms with Crippen molar-refractivity contribution in [1.82, 2.24) is 0 Å². The van der Waals surface area contributed by atoms with Crippen molar-refractivity contribution in [3.8, 4) is 0 Å². The summed E-state index contributed by atoms with van der Waals surface area (Å²) in [6.45, 7) is 5.20. The van der Waals surface area contributed by atoms with Crippen LogP contribution < -0.4 is 0 Å². The quantitative estimate of drug-likeness (QED) is 0.0532. The van der Waals surface area contributed by atoms with Crippen LogP contribution in [0.5, 0.6) is 0 Å². The second-order valence-electron chi connectivity index (χ2n) is 20.7. The van der Waals surface area contributed by atoms with Crippen molar-refractivity contribution in [3.63, 3.8) is 0 Å². The molecule has 378 valence electrons. The van der Waals surface area contributed by atoms with Crippen molar-refractivity contribution in [2.75, 3.05) is 19.8 Å². The zero-order valence-corrected chi connectivity index (χ0v) is 37.5. The number of ether oxygens (including phenoxy) is 8. The zero-order chi connectivity index (χ0) is 48.0. The van der Waals surface area contributed by atoms with Gasteiger partial charge >= 0.3 is 5.97 Å². The Bertz CT molecular complexity index is 1750. The van der Waals surface area contributed by atoms with Gasteiger partial charge in [0.2, 0.25) is 6.29 Å². The van der Waals surface area contributed by atoms with E-state index in [-0.39, 0.29) is 11.8 Å². The number of aliphatic hydroxyl groups excluding tert-OH is 13. The fraction of sp³-hybridized carbons (Fsp3) is 0.932. The molecule has 8 aliphatic rings. The topological polar surface area (TPSA) is 354 Å². The lowest BCUT2D eigenvalue weighted by molar-refractivity contribution is -0.399. The minimum atomic E-state index is -1.92. The van der Waals surface area contributed by atoms with Crippen LogP contribution in [0.15, 0.2) is 11.6 Å². The molecule has 3 unspecified atom stereocenters. The molecule has 7 fully saturated rings. The molecule has 66 heavy (non-hydrogen) atoms. The van der Waals surface area contributed by atoms with Gasteiger partial charge < -0.3 is 104 Å². The maximum Gasteiger partial charge on any atom is 0.314 e. The van der Waals surface area contributed by atoms with Gasteiger partial charge in [0, 0.05) is 0 Å². The molecule has 22 nitrogen and oxygen atoms in total. The molecule has 4 heterocycles. The van der Waals surface area contributed by atoms with Crippen LogP contribution in [0.3, 0.4) is 0 Å². The second-order valence-corrected chi connectivity index (χ2v) is 20.7. The highest BCUT2D eigenvalue weighted by molar-refractivity contribution is 5.77. The Morgan fingerprint density at radius 2 is 1.12 bits per heavy atom. The Hall–Kier alpha value is -1.59. The number of esters is 1. The molecule has 1 spiro atoms. The molecular weight excluding hydrogens is 880 g/mol. The Balaban J connectivity index is 1.06. The maximum absolute atomic E-state index is 14.3. The Morgan fingerprint density at radius 1 is 0.606 bits per heavy atom. The van der Waals surface area contributed by atoms with E-state index < -0.39 is 170 Å². The van der Waals surface area contributed by atoms with Gasteiger partial charge in [-0.2, -0.15) is 0 Å². The number of aliphatic hydroxyl groups is 13. The predicted octanol–water partition coefficient (Wildman–Crippen LogP) is -4.09. The lowest BCUT2D eigenvalue weighted by Gasteiger charge is -2.64. The summed E-state index contributed by atoms with van der Waals surface area (Å²) >= 11 is 0. The van der Waals surface area contributed by atoms with Crippen LogP contribution in [-0.4, -0.2) is 221 Å². The number of rotatable bonds is 11. The average Bonchev–Trinajstić information content (AvgIpc) is 3.48. The van der Waals surface area contributed by atoms with Crippen LogP contribution in [0.1, 0.15) is 79.1 Å². The minimum absolute atomic E-state index is 0.0337. The van der Waals surface area contributed by atoms with E-state index in [1.54, 1.807) is 0 Å². The van der Waals surface area contributed by atoms with E-state index in [0.717, 1.165) is 12.0 Å². The van der Waals surface area contributed by atoms with E-state index in [1.807, 2.05) is 13.8 Å². The number of hydrogen-bond donors (Lipinski definition) is 13. The molecular formula is C44H70O22. The summed E-state index contributed by atoms with van der Waals surface area (Å²) in [6, 6.07) is 0. The fourth-order valence-electron chi connectivity index (χ4n) is 13.3. The molecule has 3 saturated carbocycles. The first-order valence-electron chi connectivity index (χ1n) is 23.2. The van der Waals surface area contributed by atoms with Crippen LogP contribution in [0.4, 0.5) is 0 Å². The van der Waals surface area contributed by atoms with Crippen molar-refractivity contribution < 1.29 is 109 Å². The summed E-state index contributed by atoms with van der Waals surface area (Å²) in [6.07, 6.45) is -25.5. The highest BCUT2D eigenvalue weighted by atomic mass is 16.8. The third-order valence-electron chi connectivity index (χ3n) is 17.0. The Labute approximate surface area is 381 Å². The third-order valence-corrected chi connectivity index (χ3v) is 17.0. The molecule has 22 heteroatoms. The molecule has 26 atom stereocenters. The minimum Gasteiger partial charge on any atom is -0.432 e. The van der Waals surface area contributed by atoms with Crippen molar-refractivity contribution in [2.45, 2.75) is 207 Å². The van der Waals surface area contributed by atoms with Crippen LogP contribution in [-0.2, 0) is 42.7 Å². The van der Waals surface area contributed by atoms with E-state index >= 15 is 0 Å². The molecule has 4 saturated heterocycles. The standard InChI is InChI=1S/C44H70O22/c1-17-12-43-10-6-22-41(3,8-5-9-42(22,4)40(58)65-38-33(57)30(54)26(50)20(14-46)61-38)23(43)7-11-44(17,16-43)66-39-35(64-36-31(55)28(52)24(48)18(2)59-36)34(27(51)21(15-47)62-39)63-37-32(56)29(53)25(49)19(13-45)60-37/h12,18-39,45-57H,5-11,13-16H2,1-4H3/t18-,19+,20+,21+,22?,23?,24-,25+,26+,27+,28+,29-,30-,31+,32+,33+,34-,35+,36-,37-,38-,39-,41-,42+,43?,44-/m0/s1. The zero-order valence-electron chi connectivity index (χ0n) is 37.5. The first kappa shape index (κ1) is 50.8. The number of carbonyl (C=O) groups excluding carboxylic acids is 1. The van der Waals surface area contributed by atoms with Gasteiger partial charge in [0.05, 0.1) is 36.9 Å². The normalized spacial score (nSPS) is 55.1. The van der Waals surface area contributed by atoms with Crippen molar-refractivity contribution in [2.24, 2.45) is 28.1 Å². The lowest BCUT2D eigenvalue weighted by Crippen LogP contribution is -2.68. The van der Waals surface area contributed by atoms with Crippen LogP contribution in [0.25, 0.3) is 0 Å². The van der Waals surface area contributed by atoms with Gasteiger partial charge in [0.15, 0.2) is 18.9 Å². The third kappa shape index (κ3) is 8.30. The summed E-state index contributed by atoms with van der Waals surface area (Å²) in [4.78, 5) is 14.3. The van der Waals surface area contributed by atoms with Crippen LogP contribution in [0, 0.1) is 28.1 Å². The summed E-state index contributed by atoms with van der Waals surface area (Å²) in [5, 5.41) is 138. The molecule has 4 aliphatic heterocycles. The van der Waals surface area contributed by atoms with Gasteiger partial charge in [-0.05, 0) is 94.0 Å². The van der Waals surface area contributed by atoms with E-state index in [2.05, 4.69) is 13.0 Å². The van der Waals surface area contributed by atoms with Crippen molar-refractivity contribution >= 4 is 5.97 Å². The van der Waals surface area contributed by atoms with Gasteiger partial charge in [-0.3, -0.25) is 4.79 Å². The smallest absolute Gasteiger partial charge is 0.314 e. The molecule has 0 amide bonds. The van der Waals surface area contributed by atoms with E-state index in [4.69, 9.17) is 37.9 Å². The highest BCUT2D eigenvalue weighted by Gasteiger charge is 2.68. The van der Waals surface area contributed by atoms with Crippen LogP contribution in [0.2, 0.25) is 0 Å². The number of carbonyl (C=O) groups is 1. The molecule has 13 N–H and O–H groups in total. The van der Waals surface area contributed by atoms with Gasteiger partial charge in [0.25, 0.3) is 0 Å². The largest absolute Gasteiger partial charge is 0.432 e. The van der Waals surface area contributed by atoms with Crippen molar-refractivity contribution in [1.29, 1.82) is 0 Å². The van der Waals surface area contributed by atoms with E-state index in [1.165, 1.54) is 6.92 Å². The van der Waals surface area contributed by atoms with E-state index in [0.29, 0.717) is 44.9 Å². The number of fused-ring (bicyclic) bond motifs is 3. The number of allylic oxidation sites excluding steroid dienone is 1. The molecule has 4 aliphatic carbocycles. The summed E-state index contributed by atoms with van der Waals surface area (Å²) in [7, 11) is 0. The summed E-state index contributed by atoms with van der Waals surface area (Å²) in [5.74, 6) is -0.763. The van der Waals surface area contributed by atoms with Crippen molar-refractivity contribution in [3.05, 3.63) is 11.6 Å². The number of hydrogen-bond acceptors (Lipinski definition) is 22. The second kappa shape index (κ2) is 18.9. The predicted molar refractivity (Wildman–Crippen MR) is 218 cm³/mol. The summed E-state index contributed by atoms with van der Waals surface area (Å²) in [5.41, 5.74) is -2.07. The fourth-order valence-corrected chi connectivity index (χ4v) is 13.3. The Morgan fingerprint density at radius 3 is 1.74 bits per heavy atom. The maximum atomic E-state index is 14.3. The molecule has 0 aromatic heterocycles. The van der Waals surface area contributed by atoms with Gasteiger partial charge in [-0.1, -0.05) is 19.4 Å². The molecule has 2 bridgehead atoms.